The van der Waals surface area contributed by atoms with Gasteiger partial charge in [0.15, 0.2) is 5.82 Å². The molecule has 1 aromatic heterocycles. The first kappa shape index (κ1) is 11.2. The molecule has 0 aromatic carbocycles. The highest BCUT2D eigenvalue weighted by atomic mass is 19.3. The van der Waals surface area contributed by atoms with Crippen molar-refractivity contribution in [2.24, 2.45) is 0 Å². The first-order valence-electron chi connectivity index (χ1n) is 3.74. The van der Waals surface area contributed by atoms with E-state index in [9.17, 15) is 28.1 Å². The molecule has 1 heterocycles. The fourth-order valence-corrected chi connectivity index (χ4v) is 0.968. The van der Waals surface area contributed by atoms with Gasteiger partial charge in [-0.05, 0) is 0 Å². The SMILES string of the molecule is O=c1c(F)cc([N+](=O)[O-])cn1CC(F)F. The number of alkyl halides is 2. The number of rotatable bonds is 3. The van der Waals surface area contributed by atoms with Crippen molar-refractivity contribution in [2.75, 3.05) is 0 Å². The van der Waals surface area contributed by atoms with Crippen LogP contribution in [0.2, 0.25) is 0 Å². The molecule has 0 atom stereocenters. The molecular formula is C7H5F3N2O3. The maximum absolute atomic E-state index is 12.8. The number of hydrogen-bond acceptors (Lipinski definition) is 3. The predicted octanol–water partition coefficient (Wildman–Crippen LogP) is 1.16. The van der Waals surface area contributed by atoms with Gasteiger partial charge in [-0.15, -0.1) is 0 Å². The Bertz CT molecular complexity index is 444. The van der Waals surface area contributed by atoms with Crippen LogP contribution in [0.5, 0.6) is 0 Å². The van der Waals surface area contributed by atoms with E-state index in [1.54, 1.807) is 0 Å². The minimum atomic E-state index is -2.89. The van der Waals surface area contributed by atoms with Crippen molar-refractivity contribution in [3.63, 3.8) is 0 Å². The van der Waals surface area contributed by atoms with Crippen molar-refractivity contribution in [2.45, 2.75) is 13.0 Å². The van der Waals surface area contributed by atoms with Crippen molar-refractivity contribution in [1.82, 2.24) is 4.57 Å². The number of pyridine rings is 1. The molecule has 0 amide bonds. The molecule has 0 aliphatic rings. The fourth-order valence-electron chi connectivity index (χ4n) is 0.968. The van der Waals surface area contributed by atoms with Gasteiger partial charge in [0, 0.05) is 0 Å². The number of aromatic nitrogens is 1. The third kappa shape index (κ3) is 2.55. The molecule has 0 saturated heterocycles. The highest BCUT2D eigenvalue weighted by molar-refractivity contribution is 5.25. The third-order valence-electron chi connectivity index (χ3n) is 1.57. The van der Waals surface area contributed by atoms with Crippen LogP contribution in [0.4, 0.5) is 18.9 Å². The molecule has 0 N–H and O–H groups in total. The minimum absolute atomic E-state index is 0.276. The zero-order chi connectivity index (χ0) is 11.6. The lowest BCUT2D eigenvalue weighted by molar-refractivity contribution is -0.385. The van der Waals surface area contributed by atoms with Crippen LogP contribution in [0.1, 0.15) is 0 Å². The summed E-state index contributed by atoms with van der Waals surface area (Å²) in [7, 11) is 0. The lowest BCUT2D eigenvalue weighted by Gasteiger charge is -2.03. The first-order chi connectivity index (χ1) is 6.91. The molecule has 0 radical (unpaired) electrons. The molecule has 0 spiro atoms. The highest BCUT2D eigenvalue weighted by Crippen LogP contribution is 2.10. The van der Waals surface area contributed by atoms with Gasteiger partial charge < -0.3 is 4.57 Å². The lowest BCUT2D eigenvalue weighted by Crippen LogP contribution is -2.25. The molecule has 0 bridgehead atoms. The van der Waals surface area contributed by atoms with Crippen LogP contribution in [0, 0.1) is 15.9 Å². The van der Waals surface area contributed by atoms with E-state index in [1.165, 1.54) is 0 Å². The summed E-state index contributed by atoms with van der Waals surface area (Å²) in [5, 5.41) is 10.2. The van der Waals surface area contributed by atoms with Crippen LogP contribution in [-0.2, 0) is 6.54 Å². The zero-order valence-electron chi connectivity index (χ0n) is 7.19. The number of hydrogen-bond donors (Lipinski definition) is 0. The number of halogens is 3. The second-order valence-electron chi connectivity index (χ2n) is 2.65. The molecule has 0 aliphatic carbocycles. The second-order valence-corrected chi connectivity index (χ2v) is 2.65. The molecule has 0 saturated carbocycles. The topological polar surface area (TPSA) is 65.1 Å². The molecule has 5 nitrogen and oxygen atoms in total. The monoisotopic (exact) mass is 222 g/mol. The minimum Gasteiger partial charge on any atom is -0.301 e. The van der Waals surface area contributed by atoms with Gasteiger partial charge in [0.1, 0.15) is 0 Å². The predicted molar refractivity (Wildman–Crippen MR) is 43.3 cm³/mol. The molecule has 82 valence electrons. The van der Waals surface area contributed by atoms with Crippen LogP contribution in [-0.4, -0.2) is 15.9 Å². The van der Waals surface area contributed by atoms with E-state index < -0.39 is 35.0 Å². The lowest BCUT2D eigenvalue weighted by atomic mass is 10.4. The average Bonchev–Trinajstić information content (AvgIpc) is 2.11. The third-order valence-corrected chi connectivity index (χ3v) is 1.57. The van der Waals surface area contributed by atoms with E-state index >= 15 is 0 Å². The number of nitro groups is 1. The highest BCUT2D eigenvalue weighted by Gasteiger charge is 2.15. The molecule has 1 rings (SSSR count). The molecule has 1 aromatic rings. The largest absolute Gasteiger partial charge is 0.301 e. The smallest absolute Gasteiger partial charge is 0.288 e. The molecular weight excluding hydrogens is 217 g/mol. The van der Waals surface area contributed by atoms with Crippen molar-refractivity contribution in [3.8, 4) is 0 Å². The van der Waals surface area contributed by atoms with Gasteiger partial charge in [0.2, 0.25) is 0 Å². The molecule has 0 aliphatic heterocycles. The molecule has 0 unspecified atom stereocenters. The Hall–Kier alpha value is -1.86. The Morgan fingerprint density at radius 2 is 2.13 bits per heavy atom. The summed E-state index contributed by atoms with van der Waals surface area (Å²) in [4.78, 5) is 20.2. The first-order valence-corrected chi connectivity index (χ1v) is 3.74. The Kier molecular flexibility index (Phi) is 3.08. The Balaban J connectivity index is 3.25. The maximum Gasteiger partial charge on any atom is 0.288 e. The van der Waals surface area contributed by atoms with Crippen LogP contribution < -0.4 is 5.56 Å². The Morgan fingerprint density at radius 1 is 1.53 bits per heavy atom. The average molecular weight is 222 g/mol. The fraction of sp³-hybridized carbons (Fsp3) is 0.286. The summed E-state index contributed by atoms with van der Waals surface area (Å²) < 4.78 is 36.9. The van der Waals surface area contributed by atoms with Gasteiger partial charge in [0.05, 0.1) is 23.7 Å². The summed E-state index contributed by atoms with van der Waals surface area (Å²) in [6.45, 7) is -1.07. The summed E-state index contributed by atoms with van der Waals surface area (Å²) in [5.74, 6) is -1.43. The van der Waals surface area contributed by atoms with Gasteiger partial charge in [-0.25, -0.2) is 13.2 Å². The van der Waals surface area contributed by atoms with Crippen molar-refractivity contribution in [1.29, 1.82) is 0 Å². The zero-order valence-corrected chi connectivity index (χ0v) is 7.19. The van der Waals surface area contributed by atoms with Crippen molar-refractivity contribution >= 4 is 5.69 Å². The van der Waals surface area contributed by atoms with Crippen molar-refractivity contribution in [3.05, 3.63) is 38.5 Å². The van der Waals surface area contributed by atoms with E-state index in [1.807, 2.05) is 0 Å². The van der Waals surface area contributed by atoms with Gasteiger partial charge >= 0.3 is 0 Å². The summed E-state index contributed by atoms with van der Waals surface area (Å²) in [6, 6.07) is 0.393. The molecule has 8 heteroatoms. The van der Waals surface area contributed by atoms with Crippen LogP contribution >= 0.6 is 0 Å². The maximum atomic E-state index is 12.8. The summed E-state index contributed by atoms with van der Waals surface area (Å²) in [5.41, 5.74) is -2.05. The van der Waals surface area contributed by atoms with Gasteiger partial charge in [0.25, 0.3) is 17.7 Å². The summed E-state index contributed by atoms with van der Waals surface area (Å²) >= 11 is 0. The van der Waals surface area contributed by atoms with E-state index in [2.05, 4.69) is 0 Å². The Morgan fingerprint density at radius 3 is 2.60 bits per heavy atom. The van der Waals surface area contributed by atoms with E-state index in [0.29, 0.717) is 12.3 Å². The van der Waals surface area contributed by atoms with E-state index in [0.717, 1.165) is 0 Å². The normalized spacial score (nSPS) is 10.7. The number of nitrogens with zero attached hydrogens (tertiary/aromatic N) is 2. The van der Waals surface area contributed by atoms with Crippen molar-refractivity contribution < 1.29 is 18.1 Å². The molecule has 0 fully saturated rings. The second kappa shape index (κ2) is 4.11. The summed E-state index contributed by atoms with van der Waals surface area (Å²) in [6.07, 6.45) is -2.30. The van der Waals surface area contributed by atoms with Crippen LogP contribution in [0.3, 0.4) is 0 Å². The molecule has 15 heavy (non-hydrogen) atoms. The standard InChI is InChI=1S/C7H5F3N2O3/c8-5-1-4(12(14)15)2-11(7(5)13)3-6(9)10/h1-2,6H,3H2. The van der Waals surface area contributed by atoms with E-state index in [4.69, 9.17) is 0 Å². The van der Waals surface area contributed by atoms with E-state index in [-0.39, 0.29) is 4.57 Å². The van der Waals surface area contributed by atoms with Gasteiger partial charge in [-0.3, -0.25) is 14.9 Å². The Labute approximate surface area is 80.9 Å². The van der Waals surface area contributed by atoms with Gasteiger partial charge in [-0.1, -0.05) is 0 Å². The quantitative estimate of drug-likeness (QED) is 0.569. The van der Waals surface area contributed by atoms with Gasteiger partial charge in [-0.2, -0.15) is 0 Å². The van der Waals surface area contributed by atoms with Crippen LogP contribution in [0.15, 0.2) is 17.1 Å². The van der Waals surface area contributed by atoms with Crippen LogP contribution in [0.25, 0.3) is 0 Å².